The second-order valence-electron chi connectivity index (χ2n) is 4.22. The van der Waals surface area contributed by atoms with Gasteiger partial charge in [-0.1, -0.05) is 50.1 Å². The highest BCUT2D eigenvalue weighted by atomic mass is 79.9. The molecule has 1 aliphatic rings. The van der Waals surface area contributed by atoms with Gasteiger partial charge in [-0.15, -0.1) is 0 Å². The molecule has 0 amide bonds. The Bertz CT molecular complexity index is 349. The van der Waals surface area contributed by atoms with Crippen LogP contribution in [0.2, 0.25) is 0 Å². The van der Waals surface area contributed by atoms with Crippen LogP contribution in [0.15, 0.2) is 24.3 Å². The van der Waals surface area contributed by atoms with Crippen LogP contribution in [0.3, 0.4) is 0 Å². The van der Waals surface area contributed by atoms with Gasteiger partial charge in [-0.2, -0.15) is 0 Å². The van der Waals surface area contributed by atoms with Crippen LogP contribution in [0, 0.1) is 0 Å². The summed E-state index contributed by atoms with van der Waals surface area (Å²) in [5.74, 6) is 0. The Hall–Kier alpha value is -0.0600. The highest BCUT2D eigenvalue weighted by Gasteiger charge is 2.14. The first-order valence-corrected chi connectivity index (χ1v) is 7.85. The average molecular weight is 361 g/mol. The first-order chi connectivity index (χ1) is 8.27. The summed E-state index contributed by atoms with van der Waals surface area (Å²) < 4.78 is 0.402. The van der Waals surface area contributed by atoms with Crippen molar-refractivity contribution in [2.45, 2.75) is 16.6 Å². The Labute approximate surface area is 120 Å². The van der Waals surface area contributed by atoms with Gasteiger partial charge in [-0.25, -0.2) is 5.32 Å². The van der Waals surface area contributed by atoms with Crippen LogP contribution in [-0.2, 0) is 6.42 Å². The molecule has 1 fully saturated rings. The lowest BCUT2D eigenvalue weighted by molar-refractivity contribution is 0.577. The molecule has 2 nitrogen and oxygen atoms in total. The quantitative estimate of drug-likeness (QED) is 0.754. The molecule has 0 saturated carbocycles. The first kappa shape index (κ1) is 13.4. The van der Waals surface area contributed by atoms with Crippen molar-refractivity contribution in [3.05, 3.63) is 29.8 Å². The van der Waals surface area contributed by atoms with Gasteiger partial charge >= 0.3 is 0 Å². The van der Waals surface area contributed by atoms with Crippen molar-refractivity contribution in [1.82, 2.24) is 5.32 Å². The van der Waals surface area contributed by atoms with Crippen LogP contribution < -0.4 is 10.2 Å². The molecule has 1 aromatic rings. The average Bonchev–Trinajstić information content (AvgIpc) is 2.38. The van der Waals surface area contributed by atoms with Crippen LogP contribution >= 0.6 is 31.9 Å². The summed E-state index contributed by atoms with van der Waals surface area (Å²) >= 11 is 7.08. The molecule has 0 aliphatic carbocycles. The fraction of sp³-hybridized carbons (Fsp3) is 0.538. The summed E-state index contributed by atoms with van der Waals surface area (Å²) in [6.45, 7) is 4.05. The van der Waals surface area contributed by atoms with Crippen LogP contribution in [0.5, 0.6) is 0 Å². The van der Waals surface area contributed by atoms with E-state index < -0.39 is 0 Å². The fourth-order valence-corrected chi connectivity index (χ4v) is 2.60. The molecule has 0 atom stereocenters. The van der Waals surface area contributed by atoms with Crippen LogP contribution in [0.25, 0.3) is 0 Å². The second-order valence-corrected chi connectivity index (χ2v) is 7.66. The van der Waals surface area contributed by atoms with Crippen LogP contribution in [0.1, 0.15) is 12.0 Å². The van der Waals surface area contributed by atoms with Crippen LogP contribution in [0.4, 0.5) is 5.69 Å². The normalized spacial score (nSPS) is 16.5. The molecule has 1 heterocycles. The van der Waals surface area contributed by atoms with Crippen molar-refractivity contribution in [2.75, 3.05) is 31.1 Å². The molecule has 4 heteroatoms. The number of anilines is 1. The minimum Gasteiger partial charge on any atom is -0.369 e. The summed E-state index contributed by atoms with van der Waals surface area (Å²) in [5, 5.41) is 4.40. The van der Waals surface area contributed by atoms with E-state index in [-0.39, 0.29) is 0 Å². The van der Waals surface area contributed by atoms with Crippen LogP contribution in [-0.4, -0.2) is 29.9 Å². The summed E-state index contributed by atoms with van der Waals surface area (Å²) in [4.78, 5) is 2.46. The van der Waals surface area contributed by atoms with E-state index in [2.05, 4.69) is 66.3 Å². The van der Waals surface area contributed by atoms with Crippen molar-refractivity contribution in [3.8, 4) is 0 Å². The predicted molar refractivity (Wildman–Crippen MR) is 80.5 cm³/mol. The number of hydrogen-bond donors (Lipinski definition) is 0. The standard InChI is InChI=1S/C13H17Br2N2/c14-13(15)6-5-11-3-1-2-4-12(11)17-9-7-16-8-10-17/h1-4,13H,5-10H2. The molecule has 2 rings (SSSR count). The maximum atomic E-state index is 4.40. The number of aryl methyl sites for hydroxylation is 1. The fourth-order valence-electron chi connectivity index (χ4n) is 2.14. The van der Waals surface area contributed by atoms with Gasteiger partial charge in [-0.05, 0) is 24.5 Å². The van der Waals surface area contributed by atoms with Gasteiger partial charge in [0.1, 0.15) is 0 Å². The van der Waals surface area contributed by atoms with Crippen molar-refractivity contribution >= 4 is 37.5 Å². The molecule has 93 valence electrons. The summed E-state index contributed by atoms with van der Waals surface area (Å²) in [6, 6.07) is 8.73. The van der Waals surface area contributed by atoms with Gasteiger partial charge in [-0.3, -0.25) is 0 Å². The summed E-state index contributed by atoms with van der Waals surface area (Å²) in [5.41, 5.74) is 2.83. The number of halogens is 2. The Morgan fingerprint density at radius 2 is 1.88 bits per heavy atom. The smallest absolute Gasteiger partial charge is 0.0701 e. The number of nitrogens with zero attached hydrogens (tertiary/aromatic N) is 2. The third-order valence-corrected chi connectivity index (χ3v) is 3.94. The minimum atomic E-state index is 0.402. The number of para-hydroxylation sites is 1. The SMILES string of the molecule is BrC(Br)CCc1ccccc1N1CC[N]CC1. The Balaban J connectivity index is 2.09. The lowest BCUT2D eigenvalue weighted by Crippen LogP contribution is -2.40. The lowest BCUT2D eigenvalue weighted by Gasteiger charge is -2.30. The number of benzene rings is 1. The predicted octanol–water partition coefficient (Wildman–Crippen LogP) is 3.16. The van der Waals surface area contributed by atoms with Gasteiger partial charge in [0.25, 0.3) is 0 Å². The van der Waals surface area contributed by atoms with E-state index in [1.54, 1.807) is 0 Å². The van der Waals surface area contributed by atoms with E-state index in [0.29, 0.717) is 3.74 Å². The molecule has 1 radical (unpaired) electrons. The monoisotopic (exact) mass is 359 g/mol. The largest absolute Gasteiger partial charge is 0.369 e. The molecule has 0 bridgehead atoms. The van der Waals surface area contributed by atoms with Crippen molar-refractivity contribution in [1.29, 1.82) is 0 Å². The number of piperazine rings is 1. The zero-order valence-electron chi connectivity index (χ0n) is 9.78. The highest BCUT2D eigenvalue weighted by Crippen LogP contribution is 2.24. The third-order valence-electron chi connectivity index (χ3n) is 3.02. The maximum Gasteiger partial charge on any atom is 0.0701 e. The van der Waals surface area contributed by atoms with Crippen molar-refractivity contribution in [2.24, 2.45) is 0 Å². The van der Waals surface area contributed by atoms with Gasteiger partial charge in [0.2, 0.25) is 0 Å². The Morgan fingerprint density at radius 1 is 1.18 bits per heavy atom. The summed E-state index contributed by atoms with van der Waals surface area (Å²) in [7, 11) is 0. The molecule has 1 aromatic carbocycles. The van der Waals surface area contributed by atoms with Gasteiger partial charge < -0.3 is 4.90 Å². The topological polar surface area (TPSA) is 17.3 Å². The summed E-state index contributed by atoms with van der Waals surface area (Å²) in [6.07, 6.45) is 2.21. The molecular weight excluding hydrogens is 344 g/mol. The van der Waals surface area contributed by atoms with Gasteiger partial charge in [0.15, 0.2) is 0 Å². The zero-order chi connectivity index (χ0) is 12.1. The third kappa shape index (κ3) is 3.97. The molecule has 0 aromatic heterocycles. The molecule has 0 N–H and O–H groups in total. The van der Waals surface area contributed by atoms with Gasteiger partial charge in [0.05, 0.1) is 3.74 Å². The molecule has 1 saturated heterocycles. The van der Waals surface area contributed by atoms with Crippen molar-refractivity contribution in [3.63, 3.8) is 0 Å². The molecular formula is C13H17Br2N2. The maximum absolute atomic E-state index is 4.40. The van der Waals surface area contributed by atoms with Crippen molar-refractivity contribution < 1.29 is 0 Å². The minimum absolute atomic E-state index is 0.402. The first-order valence-electron chi connectivity index (χ1n) is 6.01. The molecule has 17 heavy (non-hydrogen) atoms. The van der Waals surface area contributed by atoms with E-state index in [0.717, 1.165) is 39.0 Å². The van der Waals surface area contributed by atoms with E-state index in [1.165, 1.54) is 11.3 Å². The second kappa shape index (κ2) is 6.76. The number of alkyl halides is 2. The van der Waals surface area contributed by atoms with E-state index in [9.17, 15) is 0 Å². The van der Waals surface area contributed by atoms with E-state index >= 15 is 0 Å². The Morgan fingerprint density at radius 3 is 2.59 bits per heavy atom. The molecule has 1 aliphatic heterocycles. The molecule has 0 spiro atoms. The van der Waals surface area contributed by atoms with E-state index in [4.69, 9.17) is 0 Å². The lowest BCUT2D eigenvalue weighted by atomic mass is 10.1. The molecule has 0 unspecified atom stereocenters. The zero-order valence-corrected chi connectivity index (χ0v) is 13.0. The Kier molecular flexibility index (Phi) is 5.32. The van der Waals surface area contributed by atoms with E-state index in [1.807, 2.05) is 0 Å². The number of rotatable bonds is 4. The number of hydrogen-bond acceptors (Lipinski definition) is 1. The highest BCUT2D eigenvalue weighted by molar-refractivity contribution is 9.24. The van der Waals surface area contributed by atoms with Gasteiger partial charge in [0, 0.05) is 31.9 Å².